The lowest BCUT2D eigenvalue weighted by molar-refractivity contribution is -0.137. The first kappa shape index (κ1) is 16.8. The molecule has 115 valence electrons. The van der Waals surface area contributed by atoms with E-state index in [9.17, 15) is 13.2 Å². The SMILES string of the molecule is CC(C)(Cc1ccc(-c2cccc(C(F)(F)F)c2)cc1)O[Si]. The maximum Gasteiger partial charge on any atom is 0.416 e. The fourth-order valence-corrected chi connectivity index (χ4v) is 2.29. The molecule has 2 aromatic carbocycles. The molecule has 3 radical (unpaired) electrons. The zero-order valence-electron chi connectivity index (χ0n) is 12.4. The molecule has 5 heteroatoms. The van der Waals surface area contributed by atoms with E-state index in [2.05, 4.69) is 10.5 Å². The second-order valence-corrected chi connectivity index (χ2v) is 6.02. The van der Waals surface area contributed by atoms with Crippen LogP contribution in [0.4, 0.5) is 13.2 Å². The summed E-state index contributed by atoms with van der Waals surface area (Å²) >= 11 is 0. The van der Waals surface area contributed by atoms with Crippen LogP contribution in [0.3, 0.4) is 0 Å². The Morgan fingerprint density at radius 1 is 0.955 bits per heavy atom. The molecule has 0 fully saturated rings. The van der Waals surface area contributed by atoms with Crippen molar-refractivity contribution in [2.45, 2.75) is 32.0 Å². The molecular formula is C17H16F3OSi. The molecule has 22 heavy (non-hydrogen) atoms. The van der Waals surface area contributed by atoms with Crippen LogP contribution in [0.5, 0.6) is 0 Å². The van der Waals surface area contributed by atoms with Crippen molar-refractivity contribution >= 4 is 10.5 Å². The van der Waals surface area contributed by atoms with Gasteiger partial charge in [0.25, 0.3) is 0 Å². The Labute approximate surface area is 131 Å². The van der Waals surface area contributed by atoms with E-state index < -0.39 is 11.7 Å². The third-order valence-electron chi connectivity index (χ3n) is 3.38. The molecule has 2 rings (SSSR count). The summed E-state index contributed by atoms with van der Waals surface area (Å²) in [6, 6.07) is 12.8. The second kappa shape index (κ2) is 6.26. The van der Waals surface area contributed by atoms with Crippen LogP contribution in [0.1, 0.15) is 25.0 Å². The molecule has 0 bridgehead atoms. The maximum absolute atomic E-state index is 12.8. The lowest BCUT2D eigenvalue weighted by atomic mass is 9.96. The minimum absolute atomic E-state index is 0.353. The number of halogens is 3. The summed E-state index contributed by atoms with van der Waals surface area (Å²) in [5, 5.41) is 0. The quantitative estimate of drug-likeness (QED) is 0.736. The Hall–Kier alpha value is -1.59. The van der Waals surface area contributed by atoms with Gasteiger partial charge in [-0.2, -0.15) is 13.2 Å². The molecule has 0 saturated heterocycles. The van der Waals surface area contributed by atoms with Gasteiger partial charge in [-0.25, -0.2) is 0 Å². The number of alkyl halides is 3. The molecule has 0 atom stereocenters. The van der Waals surface area contributed by atoms with Crippen molar-refractivity contribution in [3.05, 3.63) is 59.7 Å². The smallest absolute Gasteiger partial charge is 0.413 e. The lowest BCUT2D eigenvalue weighted by Crippen LogP contribution is -2.26. The van der Waals surface area contributed by atoms with Gasteiger partial charge >= 0.3 is 6.18 Å². The van der Waals surface area contributed by atoms with Crippen molar-refractivity contribution in [3.63, 3.8) is 0 Å². The van der Waals surface area contributed by atoms with Gasteiger partial charge in [0.05, 0.1) is 11.2 Å². The highest BCUT2D eigenvalue weighted by Crippen LogP contribution is 2.32. The predicted octanol–water partition coefficient (Wildman–Crippen LogP) is 4.79. The summed E-state index contributed by atoms with van der Waals surface area (Å²) in [4.78, 5) is 0. The van der Waals surface area contributed by atoms with E-state index in [4.69, 9.17) is 4.43 Å². The molecular weight excluding hydrogens is 305 g/mol. The van der Waals surface area contributed by atoms with Crippen LogP contribution in [0.25, 0.3) is 11.1 Å². The highest BCUT2D eigenvalue weighted by atomic mass is 28.2. The third kappa shape index (κ3) is 4.21. The van der Waals surface area contributed by atoms with E-state index in [1.165, 1.54) is 12.1 Å². The molecule has 0 amide bonds. The van der Waals surface area contributed by atoms with Gasteiger partial charge in [-0.15, -0.1) is 0 Å². The summed E-state index contributed by atoms with van der Waals surface area (Å²) in [5.74, 6) is 0. The summed E-state index contributed by atoms with van der Waals surface area (Å²) in [6.45, 7) is 3.89. The summed E-state index contributed by atoms with van der Waals surface area (Å²) < 4.78 is 43.5. The Bertz CT molecular complexity index is 633. The zero-order valence-corrected chi connectivity index (χ0v) is 13.4. The minimum Gasteiger partial charge on any atom is -0.413 e. The Balaban J connectivity index is 2.24. The molecule has 0 saturated carbocycles. The van der Waals surface area contributed by atoms with Gasteiger partial charge in [-0.05, 0) is 49.1 Å². The number of hydrogen-bond acceptors (Lipinski definition) is 1. The minimum atomic E-state index is -4.33. The number of benzene rings is 2. The molecule has 0 aromatic heterocycles. The monoisotopic (exact) mass is 321 g/mol. The largest absolute Gasteiger partial charge is 0.416 e. The molecule has 0 spiro atoms. The highest BCUT2D eigenvalue weighted by Gasteiger charge is 2.30. The van der Waals surface area contributed by atoms with Crippen LogP contribution >= 0.6 is 0 Å². The average molecular weight is 321 g/mol. The molecule has 0 aliphatic rings. The molecule has 0 heterocycles. The molecule has 0 N–H and O–H groups in total. The van der Waals surface area contributed by atoms with Gasteiger partial charge in [0.15, 0.2) is 0 Å². The normalized spacial score (nSPS) is 12.5. The highest BCUT2D eigenvalue weighted by molar-refractivity contribution is 5.98. The second-order valence-electron chi connectivity index (χ2n) is 5.81. The Kier molecular flexibility index (Phi) is 4.77. The van der Waals surface area contributed by atoms with Gasteiger partial charge in [0.1, 0.15) is 0 Å². The van der Waals surface area contributed by atoms with Crippen LogP contribution in [0.15, 0.2) is 48.5 Å². The predicted molar refractivity (Wildman–Crippen MR) is 81.5 cm³/mol. The Morgan fingerprint density at radius 3 is 2.14 bits per heavy atom. The molecule has 0 unspecified atom stereocenters. The topological polar surface area (TPSA) is 9.23 Å². The zero-order chi connectivity index (χ0) is 16.4. The van der Waals surface area contributed by atoms with E-state index in [0.29, 0.717) is 12.0 Å². The van der Waals surface area contributed by atoms with Crippen LogP contribution in [0, 0.1) is 0 Å². The van der Waals surface area contributed by atoms with Crippen molar-refractivity contribution in [3.8, 4) is 11.1 Å². The fourth-order valence-electron chi connectivity index (χ4n) is 2.22. The van der Waals surface area contributed by atoms with Crippen molar-refractivity contribution < 1.29 is 17.6 Å². The first-order chi connectivity index (χ1) is 10.2. The first-order valence-electron chi connectivity index (χ1n) is 6.83. The van der Waals surface area contributed by atoms with Crippen molar-refractivity contribution in [1.29, 1.82) is 0 Å². The first-order valence-corrected chi connectivity index (χ1v) is 7.23. The molecule has 0 aliphatic heterocycles. The third-order valence-corrected chi connectivity index (χ3v) is 3.94. The van der Waals surface area contributed by atoms with E-state index in [1.54, 1.807) is 6.07 Å². The van der Waals surface area contributed by atoms with Crippen molar-refractivity contribution in [2.24, 2.45) is 0 Å². The van der Waals surface area contributed by atoms with Gasteiger partial charge in [0, 0.05) is 0 Å². The van der Waals surface area contributed by atoms with Gasteiger partial charge in [0.2, 0.25) is 10.5 Å². The summed E-state index contributed by atoms with van der Waals surface area (Å²) in [5.41, 5.74) is 1.37. The Morgan fingerprint density at radius 2 is 1.59 bits per heavy atom. The van der Waals surface area contributed by atoms with E-state index in [0.717, 1.165) is 17.2 Å². The summed E-state index contributed by atoms with van der Waals surface area (Å²) in [7, 11) is 3.05. The molecule has 1 nitrogen and oxygen atoms in total. The number of rotatable bonds is 4. The van der Waals surface area contributed by atoms with Crippen LogP contribution < -0.4 is 0 Å². The van der Waals surface area contributed by atoms with Crippen LogP contribution in [-0.2, 0) is 17.0 Å². The van der Waals surface area contributed by atoms with E-state index >= 15 is 0 Å². The standard InChI is InChI=1S/C17H16F3OSi/c1-16(2,21-22)11-12-6-8-13(9-7-12)14-4-3-5-15(10-14)17(18,19)20/h3-10H,11H2,1-2H3. The summed E-state index contributed by atoms with van der Waals surface area (Å²) in [6.07, 6.45) is -3.63. The lowest BCUT2D eigenvalue weighted by Gasteiger charge is -2.23. The van der Waals surface area contributed by atoms with Gasteiger partial charge in [-0.1, -0.05) is 36.4 Å². The van der Waals surface area contributed by atoms with Crippen molar-refractivity contribution in [1.82, 2.24) is 0 Å². The maximum atomic E-state index is 12.8. The van der Waals surface area contributed by atoms with Gasteiger partial charge < -0.3 is 4.43 Å². The average Bonchev–Trinajstić information content (AvgIpc) is 2.47. The van der Waals surface area contributed by atoms with Gasteiger partial charge in [-0.3, -0.25) is 0 Å². The van der Waals surface area contributed by atoms with Crippen LogP contribution in [0.2, 0.25) is 0 Å². The van der Waals surface area contributed by atoms with E-state index in [-0.39, 0.29) is 5.60 Å². The fraction of sp³-hybridized carbons (Fsp3) is 0.294. The van der Waals surface area contributed by atoms with E-state index in [1.807, 2.05) is 38.1 Å². The molecule has 0 aliphatic carbocycles. The number of hydrogen-bond donors (Lipinski definition) is 0. The van der Waals surface area contributed by atoms with Crippen LogP contribution in [-0.4, -0.2) is 16.1 Å². The van der Waals surface area contributed by atoms with Crippen molar-refractivity contribution in [2.75, 3.05) is 0 Å². The molecule has 2 aromatic rings.